The monoisotopic (exact) mass is 309 g/mol. The van der Waals surface area contributed by atoms with Gasteiger partial charge in [0.2, 0.25) is 11.7 Å². The molecule has 0 fully saturated rings. The van der Waals surface area contributed by atoms with Crippen molar-refractivity contribution in [3.63, 3.8) is 0 Å². The van der Waals surface area contributed by atoms with Crippen LogP contribution < -0.4 is 15.1 Å². The van der Waals surface area contributed by atoms with Gasteiger partial charge in [-0.3, -0.25) is 14.6 Å². The molecular formula is C17H15N3O3. The van der Waals surface area contributed by atoms with Crippen molar-refractivity contribution in [1.82, 2.24) is 5.32 Å². The molecule has 0 atom stereocenters. The number of rotatable bonds is 3. The second-order valence-electron chi connectivity index (χ2n) is 5.02. The van der Waals surface area contributed by atoms with E-state index in [-0.39, 0.29) is 24.1 Å². The molecule has 1 aliphatic heterocycles. The molecule has 1 aliphatic rings. The molecule has 1 N–H and O–H groups in total. The van der Waals surface area contributed by atoms with Crippen LogP contribution >= 0.6 is 0 Å². The van der Waals surface area contributed by atoms with E-state index in [9.17, 15) is 9.59 Å². The van der Waals surface area contributed by atoms with Crippen LogP contribution in [0.1, 0.15) is 6.92 Å². The van der Waals surface area contributed by atoms with E-state index in [0.29, 0.717) is 5.75 Å². The molecule has 0 saturated carbocycles. The molecule has 0 aliphatic carbocycles. The molecule has 3 rings (SSSR count). The molecule has 2 aromatic rings. The quantitative estimate of drug-likeness (QED) is 0.944. The van der Waals surface area contributed by atoms with Gasteiger partial charge in [0.25, 0.3) is 0 Å². The molecule has 23 heavy (non-hydrogen) atoms. The second-order valence-corrected chi connectivity index (χ2v) is 5.02. The summed E-state index contributed by atoms with van der Waals surface area (Å²) >= 11 is 0. The summed E-state index contributed by atoms with van der Waals surface area (Å²) in [6.45, 7) is 1.45. The Kier molecular flexibility index (Phi) is 4.05. The molecule has 1 heterocycles. The number of hydrogen-bond donors (Lipinski definition) is 1. The van der Waals surface area contributed by atoms with Crippen LogP contribution in [-0.4, -0.2) is 24.1 Å². The Balaban J connectivity index is 1.71. The summed E-state index contributed by atoms with van der Waals surface area (Å²) in [5, 5.41) is 8.09. The number of para-hydroxylation sites is 1. The summed E-state index contributed by atoms with van der Waals surface area (Å²) < 4.78 is 5.71. The van der Waals surface area contributed by atoms with Crippen LogP contribution in [0.3, 0.4) is 0 Å². The highest BCUT2D eigenvalue weighted by Gasteiger charge is 2.25. The molecule has 0 aromatic heterocycles. The lowest BCUT2D eigenvalue weighted by Gasteiger charge is -2.13. The van der Waals surface area contributed by atoms with E-state index in [0.717, 1.165) is 11.4 Å². The molecule has 0 bridgehead atoms. The number of Topliss-reactive ketones (excluding diaryl/α,β-unsaturated/α-hetero) is 1. The summed E-state index contributed by atoms with van der Waals surface area (Å²) in [7, 11) is 0. The summed E-state index contributed by atoms with van der Waals surface area (Å²) in [4.78, 5) is 22.8. The van der Waals surface area contributed by atoms with Gasteiger partial charge in [-0.2, -0.15) is 5.10 Å². The summed E-state index contributed by atoms with van der Waals surface area (Å²) in [5.41, 5.74) is 0.749. The number of benzene rings is 2. The number of amides is 1. The van der Waals surface area contributed by atoms with E-state index in [2.05, 4.69) is 10.4 Å². The van der Waals surface area contributed by atoms with Crippen LogP contribution in [-0.2, 0) is 9.59 Å². The molecular weight excluding hydrogens is 294 g/mol. The number of amidine groups is 1. The highest BCUT2D eigenvalue weighted by Crippen LogP contribution is 2.25. The molecule has 2 aromatic carbocycles. The van der Waals surface area contributed by atoms with Gasteiger partial charge in [0, 0.05) is 6.92 Å². The number of nitrogens with zero attached hydrogens (tertiary/aromatic N) is 2. The average molecular weight is 309 g/mol. The van der Waals surface area contributed by atoms with Crippen molar-refractivity contribution >= 4 is 23.2 Å². The lowest BCUT2D eigenvalue weighted by Crippen LogP contribution is -2.33. The van der Waals surface area contributed by atoms with Crippen molar-refractivity contribution in [2.24, 2.45) is 5.10 Å². The molecule has 0 radical (unpaired) electrons. The van der Waals surface area contributed by atoms with Crippen molar-refractivity contribution in [3.8, 4) is 11.5 Å². The zero-order valence-electron chi connectivity index (χ0n) is 12.5. The average Bonchev–Trinajstić information content (AvgIpc) is 2.89. The van der Waals surface area contributed by atoms with Gasteiger partial charge in [-0.15, -0.1) is 0 Å². The number of ether oxygens (including phenoxy) is 1. The highest BCUT2D eigenvalue weighted by molar-refractivity contribution is 6.44. The van der Waals surface area contributed by atoms with Gasteiger partial charge in [-0.05, 0) is 36.4 Å². The third kappa shape index (κ3) is 3.55. The molecule has 1 amide bonds. The van der Waals surface area contributed by atoms with Crippen LogP contribution in [0.15, 0.2) is 59.7 Å². The third-order valence-electron chi connectivity index (χ3n) is 3.19. The Labute approximate surface area is 133 Å². The maximum atomic E-state index is 11.8. The van der Waals surface area contributed by atoms with Gasteiger partial charge in [0.15, 0.2) is 5.84 Å². The van der Waals surface area contributed by atoms with E-state index >= 15 is 0 Å². The molecule has 116 valence electrons. The predicted molar refractivity (Wildman–Crippen MR) is 86.6 cm³/mol. The lowest BCUT2D eigenvalue weighted by atomic mass is 10.3. The first-order chi connectivity index (χ1) is 11.1. The fourth-order valence-corrected chi connectivity index (χ4v) is 2.14. The van der Waals surface area contributed by atoms with E-state index in [4.69, 9.17) is 4.74 Å². The SMILES string of the molecule is CC(=O)NC1=NN(c2ccc(Oc3ccccc3)cc2)CC1=O. The Morgan fingerprint density at radius 2 is 1.74 bits per heavy atom. The molecule has 6 nitrogen and oxygen atoms in total. The van der Waals surface area contributed by atoms with Crippen molar-refractivity contribution in [1.29, 1.82) is 0 Å². The fraction of sp³-hybridized carbons (Fsp3) is 0.118. The zero-order chi connectivity index (χ0) is 16.2. The molecule has 0 unspecified atom stereocenters. The Hall–Kier alpha value is -3.15. The van der Waals surface area contributed by atoms with E-state index < -0.39 is 0 Å². The van der Waals surface area contributed by atoms with Crippen LogP contribution in [0.4, 0.5) is 5.69 Å². The van der Waals surface area contributed by atoms with Gasteiger partial charge in [0.05, 0.1) is 5.69 Å². The third-order valence-corrected chi connectivity index (χ3v) is 3.19. The maximum absolute atomic E-state index is 11.8. The number of carbonyl (C=O) groups is 2. The summed E-state index contributed by atoms with van der Waals surface area (Å²) in [6, 6.07) is 16.7. The van der Waals surface area contributed by atoms with Crippen LogP contribution in [0.5, 0.6) is 11.5 Å². The number of anilines is 1. The van der Waals surface area contributed by atoms with Gasteiger partial charge < -0.3 is 10.1 Å². The Morgan fingerprint density at radius 3 is 2.39 bits per heavy atom. The molecule has 0 spiro atoms. The van der Waals surface area contributed by atoms with Gasteiger partial charge in [-0.25, -0.2) is 0 Å². The van der Waals surface area contributed by atoms with Gasteiger partial charge in [-0.1, -0.05) is 18.2 Å². The van der Waals surface area contributed by atoms with Crippen molar-refractivity contribution in [2.45, 2.75) is 6.92 Å². The van der Waals surface area contributed by atoms with Crippen LogP contribution in [0.2, 0.25) is 0 Å². The fourth-order valence-electron chi connectivity index (χ4n) is 2.14. The first-order valence-electron chi connectivity index (χ1n) is 7.12. The minimum Gasteiger partial charge on any atom is -0.457 e. The standard InChI is InChI=1S/C17H15N3O3/c1-12(21)18-17-16(22)11-20(19-17)13-7-9-15(10-8-13)23-14-5-3-2-4-6-14/h2-10H,11H2,1H3,(H,18,19,21). The van der Waals surface area contributed by atoms with Crippen molar-refractivity contribution in [3.05, 3.63) is 54.6 Å². The van der Waals surface area contributed by atoms with Crippen LogP contribution in [0, 0.1) is 0 Å². The smallest absolute Gasteiger partial charge is 0.222 e. The number of hydrogen-bond acceptors (Lipinski definition) is 5. The molecule has 0 saturated heterocycles. The largest absolute Gasteiger partial charge is 0.457 e. The minimum atomic E-state index is -0.314. The second kappa shape index (κ2) is 6.31. The van der Waals surface area contributed by atoms with E-state index in [1.807, 2.05) is 42.5 Å². The first-order valence-corrected chi connectivity index (χ1v) is 7.12. The Morgan fingerprint density at radius 1 is 1.09 bits per heavy atom. The van der Waals surface area contributed by atoms with Crippen LogP contribution in [0.25, 0.3) is 0 Å². The summed E-state index contributed by atoms with van der Waals surface area (Å²) in [6.07, 6.45) is 0. The highest BCUT2D eigenvalue weighted by atomic mass is 16.5. The summed E-state index contributed by atoms with van der Waals surface area (Å²) in [5.74, 6) is 0.983. The maximum Gasteiger partial charge on any atom is 0.222 e. The minimum absolute atomic E-state index is 0.0714. The van der Waals surface area contributed by atoms with Crippen molar-refractivity contribution in [2.75, 3.05) is 11.6 Å². The van der Waals surface area contributed by atoms with Gasteiger partial charge >= 0.3 is 0 Å². The predicted octanol–water partition coefficient (Wildman–Crippen LogP) is 2.32. The zero-order valence-corrected chi connectivity index (χ0v) is 12.5. The Bertz CT molecular complexity index is 754. The normalized spacial score (nSPS) is 13.7. The number of carbonyl (C=O) groups excluding carboxylic acids is 2. The van der Waals surface area contributed by atoms with Crippen molar-refractivity contribution < 1.29 is 14.3 Å². The number of hydrazone groups is 1. The van der Waals surface area contributed by atoms with Gasteiger partial charge in [0.1, 0.15) is 18.0 Å². The van der Waals surface area contributed by atoms with E-state index in [1.165, 1.54) is 6.92 Å². The van der Waals surface area contributed by atoms with E-state index in [1.54, 1.807) is 17.1 Å². The number of nitrogens with one attached hydrogen (secondary N) is 1. The number of ketones is 1. The molecule has 6 heteroatoms. The first kappa shape index (κ1) is 14.8. The lowest BCUT2D eigenvalue weighted by molar-refractivity contribution is -0.118. The topological polar surface area (TPSA) is 71.0 Å².